The number of carbonyl (C=O) groups excluding carboxylic acids is 1. The van der Waals surface area contributed by atoms with Crippen molar-refractivity contribution in [3.05, 3.63) is 53.6 Å². The van der Waals surface area contributed by atoms with E-state index in [1.807, 2.05) is 60.0 Å². The van der Waals surface area contributed by atoms with Gasteiger partial charge in [0.25, 0.3) is 0 Å². The van der Waals surface area contributed by atoms with Crippen LogP contribution in [0.5, 0.6) is 5.75 Å². The van der Waals surface area contributed by atoms with Gasteiger partial charge in [-0.3, -0.25) is 9.36 Å². The van der Waals surface area contributed by atoms with Gasteiger partial charge in [-0.15, -0.1) is 10.2 Å². The number of benzene rings is 2. The minimum absolute atomic E-state index is 0.212. The van der Waals surface area contributed by atoms with Crippen molar-refractivity contribution >= 4 is 29.3 Å². The van der Waals surface area contributed by atoms with E-state index in [1.54, 1.807) is 0 Å². The van der Waals surface area contributed by atoms with E-state index in [1.165, 1.54) is 11.8 Å². The quantitative estimate of drug-likeness (QED) is 0.556. The zero-order chi connectivity index (χ0) is 19.5. The van der Waals surface area contributed by atoms with Crippen LogP contribution >= 0.6 is 23.4 Å². The topological polar surface area (TPSA) is 66.2 Å². The SMILES string of the molecule is CCOc1ccc(-n2c(S[C@H]3CCOC3=O)nnc2-c2cccc(Cl)c2)cc1. The fraction of sp³-hybridized carbons (Fsp3) is 0.250. The molecular weight excluding hydrogens is 398 g/mol. The Morgan fingerprint density at radius 2 is 2.07 bits per heavy atom. The Hall–Kier alpha value is -2.51. The number of thioether (sulfide) groups is 1. The molecule has 2 heterocycles. The number of aromatic nitrogens is 3. The van der Waals surface area contributed by atoms with E-state index in [2.05, 4.69) is 10.2 Å². The van der Waals surface area contributed by atoms with Crippen LogP contribution in [0, 0.1) is 0 Å². The van der Waals surface area contributed by atoms with Crippen LogP contribution in [0.4, 0.5) is 0 Å². The molecule has 4 rings (SSSR count). The van der Waals surface area contributed by atoms with E-state index in [9.17, 15) is 4.79 Å². The summed E-state index contributed by atoms with van der Waals surface area (Å²) in [5.74, 6) is 1.23. The average molecular weight is 416 g/mol. The van der Waals surface area contributed by atoms with Gasteiger partial charge in [-0.1, -0.05) is 35.5 Å². The Labute approximate surface area is 171 Å². The maximum absolute atomic E-state index is 11.9. The molecule has 2 aromatic carbocycles. The Morgan fingerprint density at radius 1 is 1.25 bits per heavy atom. The van der Waals surface area contributed by atoms with Crippen LogP contribution < -0.4 is 4.74 Å². The minimum atomic E-state index is -0.280. The minimum Gasteiger partial charge on any atom is -0.494 e. The van der Waals surface area contributed by atoms with Crippen LogP contribution in [0.2, 0.25) is 5.02 Å². The second-order valence-corrected chi connectivity index (χ2v) is 7.75. The molecule has 0 N–H and O–H groups in total. The lowest BCUT2D eigenvalue weighted by atomic mass is 10.2. The highest BCUT2D eigenvalue weighted by molar-refractivity contribution is 8.00. The average Bonchev–Trinajstić information content (AvgIpc) is 3.30. The van der Waals surface area contributed by atoms with E-state index in [4.69, 9.17) is 21.1 Å². The Kier molecular flexibility index (Phi) is 5.54. The summed E-state index contributed by atoms with van der Waals surface area (Å²) in [6, 6.07) is 15.1. The summed E-state index contributed by atoms with van der Waals surface area (Å²) in [6.45, 7) is 2.99. The second kappa shape index (κ2) is 8.24. The first kappa shape index (κ1) is 18.8. The first-order chi connectivity index (χ1) is 13.7. The van der Waals surface area contributed by atoms with Crippen LogP contribution in [0.15, 0.2) is 53.7 Å². The largest absolute Gasteiger partial charge is 0.494 e. The van der Waals surface area contributed by atoms with Crippen molar-refractivity contribution in [2.45, 2.75) is 23.8 Å². The van der Waals surface area contributed by atoms with Crippen molar-refractivity contribution in [3.8, 4) is 22.8 Å². The maximum atomic E-state index is 11.9. The first-order valence-electron chi connectivity index (χ1n) is 8.93. The predicted molar refractivity (Wildman–Crippen MR) is 108 cm³/mol. The van der Waals surface area contributed by atoms with Gasteiger partial charge in [0, 0.05) is 22.7 Å². The first-order valence-corrected chi connectivity index (χ1v) is 10.2. The van der Waals surface area contributed by atoms with Gasteiger partial charge in [-0.25, -0.2) is 0 Å². The molecule has 0 aliphatic carbocycles. The number of hydrogen-bond donors (Lipinski definition) is 0. The van der Waals surface area contributed by atoms with Crippen molar-refractivity contribution in [2.24, 2.45) is 0 Å². The van der Waals surface area contributed by atoms with Crippen molar-refractivity contribution < 1.29 is 14.3 Å². The lowest BCUT2D eigenvalue weighted by molar-refractivity contribution is -0.137. The van der Waals surface area contributed by atoms with Crippen LogP contribution in [0.25, 0.3) is 17.1 Å². The summed E-state index contributed by atoms with van der Waals surface area (Å²) < 4.78 is 12.5. The molecule has 1 saturated heterocycles. The number of cyclic esters (lactones) is 1. The summed E-state index contributed by atoms with van der Waals surface area (Å²) in [4.78, 5) is 11.9. The predicted octanol–water partition coefficient (Wildman–Crippen LogP) is 4.39. The van der Waals surface area contributed by atoms with Crippen LogP contribution in [-0.4, -0.2) is 39.2 Å². The molecule has 1 fully saturated rings. The normalized spacial score (nSPS) is 16.2. The summed E-state index contributed by atoms with van der Waals surface area (Å²) in [7, 11) is 0. The van der Waals surface area contributed by atoms with E-state index in [-0.39, 0.29) is 11.2 Å². The van der Waals surface area contributed by atoms with Crippen molar-refractivity contribution in [2.75, 3.05) is 13.2 Å². The number of esters is 1. The number of hydrogen-bond acceptors (Lipinski definition) is 6. The Balaban J connectivity index is 1.77. The molecule has 1 atom stereocenters. The third-order valence-corrected chi connectivity index (χ3v) is 5.68. The van der Waals surface area contributed by atoms with Crippen LogP contribution in [0.1, 0.15) is 13.3 Å². The Bertz CT molecular complexity index is 991. The highest BCUT2D eigenvalue weighted by atomic mass is 35.5. The molecule has 8 heteroatoms. The smallest absolute Gasteiger partial charge is 0.319 e. The van der Waals surface area contributed by atoms with Gasteiger partial charge in [-0.2, -0.15) is 0 Å². The molecule has 0 bridgehead atoms. The van der Waals surface area contributed by atoms with Crippen LogP contribution in [0.3, 0.4) is 0 Å². The van der Waals surface area contributed by atoms with Gasteiger partial charge in [0.2, 0.25) is 0 Å². The molecule has 1 aliphatic heterocycles. The van der Waals surface area contributed by atoms with E-state index in [0.29, 0.717) is 35.6 Å². The molecule has 0 radical (unpaired) electrons. The number of rotatable bonds is 6. The fourth-order valence-electron chi connectivity index (χ4n) is 2.96. The van der Waals surface area contributed by atoms with Crippen molar-refractivity contribution in [1.29, 1.82) is 0 Å². The van der Waals surface area contributed by atoms with Crippen molar-refractivity contribution in [3.63, 3.8) is 0 Å². The fourth-order valence-corrected chi connectivity index (χ4v) is 4.17. The molecule has 3 aromatic rings. The maximum Gasteiger partial charge on any atom is 0.319 e. The molecule has 28 heavy (non-hydrogen) atoms. The number of ether oxygens (including phenoxy) is 2. The highest BCUT2D eigenvalue weighted by Gasteiger charge is 2.30. The number of nitrogens with zero attached hydrogens (tertiary/aromatic N) is 3. The molecule has 0 amide bonds. The lowest BCUT2D eigenvalue weighted by Crippen LogP contribution is -2.11. The highest BCUT2D eigenvalue weighted by Crippen LogP contribution is 2.34. The molecule has 1 aromatic heterocycles. The van der Waals surface area contributed by atoms with E-state index >= 15 is 0 Å². The van der Waals surface area contributed by atoms with Crippen LogP contribution in [-0.2, 0) is 9.53 Å². The molecule has 0 unspecified atom stereocenters. The van der Waals surface area contributed by atoms with E-state index in [0.717, 1.165) is 17.0 Å². The van der Waals surface area contributed by atoms with Gasteiger partial charge in [0.05, 0.1) is 13.2 Å². The summed E-state index contributed by atoms with van der Waals surface area (Å²) in [6.07, 6.45) is 0.659. The summed E-state index contributed by atoms with van der Waals surface area (Å²) in [5.41, 5.74) is 1.71. The van der Waals surface area contributed by atoms with E-state index < -0.39 is 0 Å². The molecule has 0 saturated carbocycles. The standard InChI is InChI=1S/C20H18ClN3O3S/c1-2-26-16-8-6-15(7-9-16)24-18(13-4-3-5-14(21)12-13)22-23-20(24)28-17-10-11-27-19(17)25/h3-9,12,17H,2,10-11H2,1H3/t17-/m0/s1. The van der Waals surface area contributed by atoms with Gasteiger partial charge in [-0.05, 0) is 43.3 Å². The Morgan fingerprint density at radius 3 is 2.75 bits per heavy atom. The third-order valence-electron chi connectivity index (χ3n) is 4.26. The molecule has 0 spiro atoms. The lowest BCUT2D eigenvalue weighted by Gasteiger charge is -2.12. The zero-order valence-corrected chi connectivity index (χ0v) is 16.7. The second-order valence-electron chi connectivity index (χ2n) is 6.14. The zero-order valence-electron chi connectivity index (χ0n) is 15.2. The van der Waals surface area contributed by atoms with Gasteiger partial charge >= 0.3 is 5.97 Å². The summed E-state index contributed by atoms with van der Waals surface area (Å²) >= 11 is 7.54. The molecular formula is C20H18ClN3O3S. The molecule has 6 nitrogen and oxygen atoms in total. The van der Waals surface area contributed by atoms with Crippen molar-refractivity contribution in [1.82, 2.24) is 14.8 Å². The van der Waals surface area contributed by atoms with Gasteiger partial charge in [0.15, 0.2) is 11.0 Å². The number of carbonyl (C=O) groups is 1. The number of halogens is 1. The van der Waals surface area contributed by atoms with Gasteiger partial charge < -0.3 is 9.47 Å². The molecule has 144 valence electrons. The third kappa shape index (κ3) is 3.86. The monoisotopic (exact) mass is 415 g/mol. The van der Waals surface area contributed by atoms with Gasteiger partial charge in [0.1, 0.15) is 11.0 Å². The summed E-state index contributed by atoms with van der Waals surface area (Å²) in [5, 5.41) is 9.69. The molecule has 1 aliphatic rings.